The van der Waals surface area contributed by atoms with Gasteiger partial charge in [0.2, 0.25) is 0 Å². The zero-order valence-corrected chi connectivity index (χ0v) is 17.9. The van der Waals surface area contributed by atoms with Gasteiger partial charge in [0.15, 0.2) is 12.4 Å². The number of benzene rings is 2. The Bertz CT molecular complexity index is 1190. The van der Waals surface area contributed by atoms with E-state index in [0.717, 1.165) is 10.0 Å². The Hall–Kier alpha value is -3.37. The highest BCUT2D eigenvalue weighted by Crippen LogP contribution is 2.49. The van der Waals surface area contributed by atoms with Crippen molar-refractivity contribution in [3.8, 4) is 11.8 Å². The lowest BCUT2D eigenvalue weighted by Crippen LogP contribution is -2.29. The molecule has 7 heteroatoms. The fourth-order valence-electron chi connectivity index (χ4n) is 4.01. The maximum atomic E-state index is 13.4. The van der Waals surface area contributed by atoms with Crippen molar-refractivity contribution in [2.45, 2.75) is 12.8 Å². The Kier molecular flexibility index (Phi) is 5.18. The second kappa shape index (κ2) is 7.81. The van der Waals surface area contributed by atoms with Crippen LogP contribution in [0.5, 0.6) is 5.75 Å². The highest BCUT2D eigenvalue weighted by Gasteiger charge is 2.43. The molecule has 0 saturated heterocycles. The van der Waals surface area contributed by atoms with Crippen LogP contribution < -0.4 is 10.1 Å². The summed E-state index contributed by atoms with van der Waals surface area (Å²) in [5.74, 6) is -0.971. The maximum Gasteiger partial charge on any atom is 0.336 e. The summed E-state index contributed by atoms with van der Waals surface area (Å²) in [5, 5.41) is 12.2. The van der Waals surface area contributed by atoms with E-state index in [1.165, 1.54) is 7.11 Å². The molecular weight excluding hydrogens is 448 g/mol. The Morgan fingerprint density at radius 2 is 1.97 bits per heavy atom. The summed E-state index contributed by atoms with van der Waals surface area (Å²) in [7, 11) is 1.31. The van der Waals surface area contributed by atoms with E-state index in [1.807, 2.05) is 24.3 Å². The second-order valence-corrected chi connectivity index (χ2v) is 7.80. The molecule has 0 amide bonds. The van der Waals surface area contributed by atoms with Gasteiger partial charge in [-0.25, -0.2) is 4.79 Å². The standard InChI is InChI=1S/C23H17BrN2O4/c1-12-18(23(28)29-2)19(16-11-13(24)7-8-17(16)30-10-9-25)20-21(26-12)14-5-3-4-6-15(14)22(20)27/h3-8,11,19,26H,10H2,1-2H3/t19-/m1/s1. The van der Waals surface area contributed by atoms with Gasteiger partial charge in [-0.05, 0) is 25.1 Å². The van der Waals surface area contributed by atoms with Gasteiger partial charge in [0, 0.05) is 32.4 Å². The number of nitriles is 1. The number of Topliss-reactive ketones (excluding diaryl/α,β-unsaturated/α-hetero) is 1. The van der Waals surface area contributed by atoms with E-state index in [2.05, 4.69) is 21.2 Å². The number of nitrogens with zero attached hydrogens (tertiary/aromatic N) is 1. The number of rotatable bonds is 4. The fraction of sp³-hybridized carbons (Fsp3) is 0.174. The van der Waals surface area contributed by atoms with Crippen LogP contribution in [0, 0.1) is 11.3 Å². The predicted octanol–water partition coefficient (Wildman–Crippen LogP) is 4.09. The molecule has 1 N–H and O–H groups in total. The lowest BCUT2D eigenvalue weighted by molar-refractivity contribution is -0.136. The third-order valence-corrected chi connectivity index (χ3v) is 5.72. The van der Waals surface area contributed by atoms with E-state index in [-0.39, 0.29) is 12.4 Å². The van der Waals surface area contributed by atoms with E-state index in [1.54, 1.807) is 31.2 Å². The number of carbonyl (C=O) groups excluding carboxylic acids is 2. The molecule has 2 aromatic carbocycles. The molecule has 0 bridgehead atoms. The number of ether oxygens (including phenoxy) is 2. The molecule has 0 fully saturated rings. The van der Waals surface area contributed by atoms with Crippen molar-refractivity contribution in [2.24, 2.45) is 0 Å². The zero-order chi connectivity index (χ0) is 21.4. The number of ketones is 1. The van der Waals surface area contributed by atoms with Gasteiger partial charge in [0.1, 0.15) is 11.8 Å². The van der Waals surface area contributed by atoms with Gasteiger partial charge in [0.05, 0.1) is 24.3 Å². The van der Waals surface area contributed by atoms with Gasteiger partial charge < -0.3 is 14.8 Å². The molecular formula is C23H17BrN2O4. The number of hydrogen-bond donors (Lipinski definition) is 1. The van der Waals surface area contributed by atoms with Gasteiger partial charge in [0.25, 0.3) is 0 Å². The van der Waals surface area contributed by atoms with Crippen molar-refractivity contribution in [2.75, 3.05) is 13.7 Å². The summed E-state index contributed by atoms with van der Waals surface area (Å²) in [6.45, 7) is 1.62. The van der Waals surface area contributed by atoms with E-state index in [9.17, 15) is 9.59 Å². The van der Waals surface area contributed by atoms with Crippen LogP contribution in [0.4, 0.5) is 0 Å². The first-order chi connectivity index (χ1) is 14.5. The largest absolute Gasteiger partial charge is 0.478 e. The number of allylic oxidation sites excluding steroid dienone is 2. The molecule has 1 atom stereocenters. The lowest BCUT2D eigenvalue weighted by Gasteiger charge is -2.30. The number of nitrogens with one attached hydrogen (secondary N) is 1. The van der Waals surface area contributed by atoms with Crippen molar-refractivity contribution in [1.82, 2.24) is 5.32 Å². The quantitative estimate of drug-likeness (QED) is 0.685. The van der Waals surface area contributed by atoms with E-state index >= 15 is 0 Å². The number of dihydropyridines is 1. The van der Waals surface area contributed by atoms with Crippen LogP contribution in [0.25, 0.3) is 5.70 Å². The number of esters is 1. The molecule has 2 aromatic rings. The average molecular weight is 465 g/mol. The first-order valence-electron chi connectivity index (χ1n) is 9.21. The van der Waals surface area contributed by atoms with Gasteiger partial charge in [-0.2, -0.15) is 5.26 Å². The lowest BCUT2D eigenvalue weighted by atomic mass is 9.79. The number of carbonyl (C=O) groups is 2. The molecule has 0 radical (unpaired) electrons. The third kappa shape index (κ3) is 3.10. The molecule has 1 heterocycles. The first-order valence-corrected chi connectivity index (χ1v) is 10.0. The van der Waals surface area contributed by atoms with Crippen molar-refractivity contribution in [3.05, 3.63) is 80.5 Å². The van der Waals surface area contributed by atoms with Crippen LogP contribution >= 0.6 is 15.9 Å². The van der Waals surface area contributed by atoms with Crippen molar-refractivity contribution in [3.63, 3.8) is 0 Å². The molecule has 0 aromatic heterocycles. The van der Waals surface area contributed by atoms with Gasteiger partial charge in [-0.1, -0.05) is 40.2 Å². The topological polar surface area (TPSA) is 88.4 Å². The summed E-state index contributed by atoms with van der Waals surface area (Å²) in [6, 6.07) is 14.6. The van der Waals surface area contributed by atoms with Gasteiger partial charge in [-0.3, -0.25) is 4.79 Å². The SMILES string of the molecule is COC(=O)C1=C(C)NC2=C(C(=O)c3ccccc32)[C@@H]1c1cc(Br)ccc1OCC#N. The van der Waals surface area contributed by atoms with Crippen LogP contribution in [0.2, 0.25) is 0 Å². The van der Waals surface area contributed by atoms with E-state index in [4.69, 9.17) is 14.7 Å². The molecule has 30 heavy (non-hydrogen) atoms. The van der Waals surface area contributed by atoms with Crippen molar-refractivity contribution < 1.29 is 19.1 Å². The van der Waals surface area contributed by atoms with Crippen LogP contribution in [0.1, 0.15) is 34.3 Å². The molecule has 4 rings (SSSR count). The summed E-state index contributed by atoms with van der Waals surface area (Å²) in [5.41, 5.74) is 4.04. The van der Waals surface area contributed by atoms with Crippen LogP contribution in [0.3, 0.4) is 0 Å². The number of methoxy groups -OCH3 is 1. The molecule has 2 aliphatic rings. The number of fused-ring (bicyclic) bond motifs is 2. The van der Waals surface area contributed by atoms with Crippen LogP contribution in [0.15, 0.2) is 63.8 Å². The highest BCUT2D eigenvalue weighted by atomic mass is 79.9. The smallest absolute Gasteiger partial charge is 0.336 e. The van der Waals surface area contributed by atoms with Crippen molar-refractivity contribution >= 4 is 33.4 Å². The second-order valence-electron chi connectivity index (χ2n) is 6.88. The Balaban J connectivity index is 1.98. The normalized spacial score (nSPS) is 17.1. The van der Waals surface area contributed by atoms with E-state index < -0.39 is 11.9 Å². The summed E-state index contributed by atoms with van der Waals surface area (Å²) in [6.07, 6.45) is 0. The monoisotopic (exact) mass is 464 g/mol. The Labute approximate surface area is 181 Å². The molecule has 1 aliphatic heterocycles. The molecule has 6 nitrogen and oxygen atoms in total. The summed E-state index contributed by atoms with van der Waals surface area (Å²) in [4.78, 5) is 26.2. The molecule has 0 spiro atoms. The van der Waals surface area contributed by atoms with Crippen LogP contribution in [-0.4, -0.2) is 25.5 Å². The molecule has 150 valence electrons. The Morgan fingerprint density at radius 3 is 2.67 bits per heavy atom. The minimum absolute atomic E-state index is 0.154. The minimum Gasteiger partial charge on any atom is -0.478 e. The third-order valence-electron chi connectivity index (χ3n) is 5.23. The predicted molar refractivity (Wildman–Crippen MR) is 114 cm³/mol. The van der Waals surface area contributed by atoms with E-state index in [0.29, 0.717) is 39.4 Å². The summed E-state index contributed by atoms with van der Waals surface area (Å²) < 4.78 is 11.4. The van der Waals surface area contributed by atoms with Gasteiger partial charge in [-0.15, -0.1) is 0 Å². The van der Waals surface area contributed by atoms with Crippen molar-refractivity contribution in [1.29, 1.82) is 5.26 Å². The van der Waals surface area contributed by atoms with Gasteiger partial charge >= 0.3 is 5.97 Å². The molecule has 0 saturated carbocycles. The molecule has 1 aliphatic carbocycles. The first kappa shape index (κ1) is 19.9. The highest BCUT2D eigenvalue weighted by molar-refractivity contribution is 9.10. The number of hydrogen-bond acceptors (Lipinski definition) is 6. The number of halogens is 1. The zero-order valence-electron chi connectivity index (χ0n) is 16.3. The van der Waals surface area contributed by atoms with Crippen LogP contribution in [-0.2, 0) is 9.53 Å². The maximum absolute atomic E-state index is 13.4. The molecule has 0 unspecified atom stereocenters. The minimum atomic E-state index is -0.709. The Morgan fingerprint density at radius 1 is 1.23 bits per heavy atom. The summed E-state index contributed by atoms with van der Waals surface area (Å²) >= 11 is 3.47. The average Bonchev–Trinajstić information content (AvgIpc) is 3.03. The fourth-order valence-corrected chi connectivity index (χ4v) is 4.39.